The van der Waals surface area contributed by atoms with E-state index in [-0.39, 0.29) is 5.60 Å². The van der Waals surface area contributed by atoms with E-state index >= 15 is 0 Å². The van der Waals surface area contributed by atoms with Gasteiger partial charge in [0.2, 0.25) is 0 Å². The molecule has 1 saturated heterocycles. The third-order valence-electron chi connectivity index (χ3n) is 4.92. The Balaban J connectivity index is 1.87. The van der Waals surface area contributed by atoms with E-state index in [9.17, 15) is 0 Å². The van der Waals surface area contributed by atoms with Crippen molar-refractivity contribution in [2.24, 2.45) is 0 Å². The van der Waals surface area contributed by atoms with E-state index in [0.717, 1.165) is 38.1 Å². The summed E-state index contributed by atoms with van der Waals surface area (Å²) < 4.78 is 17.2. The number of piperidine rings is 1. The molecule has 2 heterocycles. The number of fused-ring (bicyclic) bond motifs is 3. The number of benzene rings is 1. The van der Waals surface area contributed by atoms with Crippen LogP contribution in [-0.4, -0.2) is 43.9 Å². The molecule has 3 rings (SSSR count). The summed E-state index contributed by atoms with van der Waals surface area (Å²) in [6.07, 6.45) is 3.40. The fourth-order valence-electron chi connectivity index (χ4n) is 4.02. The van der Waals surface area contributed by atoms with Crippen LogP contribution in [0, 0.1) is 0 Å². The second-order valence-corrected chi connectivity index (χ2v) is 8.06. The second kappa shape index (κ2) is 6.74. The van der Waals surface area contributed by atoms with Crippen LogP contribution < -0.4 is 9.47 Å². The van der Waals surface area contributed by atoms with Crippen molar-refractivity contribution < 1.29 is 14.2 Å². The first-order valence-electron chi connectivity index (χ1n) is 8.69. The Hall–Kier alpha value is -0.970. The minimum absolute atomic E-state index is 0.0922. The van der Waals surface area contributed by atoms with Gasteiger partial charge in [0.25, 0.3) is 0 Å². The SMILES string of the molecule is COc1cc2c(c(Cl)c1OC)CCN1CC(OC(C)(C)C)CCC21. The Morgan fingerprint density at radius 3 is 2.54 bits per heavy atom. The van der Waals surface area contributed by atoms with Crippen molar-refractivity contribution in [2.75, 3.05) is 27.3 Å². The average molecular weight is 354 g/mol. The molecule has 2 atom stereocenters. The summed E-state index contributed by atoms with van der Waals surface area (Å²) >= 11 is 6.61. The molecular formula is C19H28ClNO3. The van der Waals surface area contributed by atoms with Gasteiger partial charge < -0.3 is 14.2 Å². The molecule has 1 aromatic carbocycles. The fraction of sp³-hybridized carbons (Fsp3) is 0.684. The van der Waals surface area contributed by atoms with Crippen LogP contribution in [0.25, 0.3) is 0 Å². The molecule has 2 aliphatic heterocycles. The van der Waals surface area contributed by atoms with Crippen molar-refractivity contribution in [2.45, 2.75) is 57.8 Å². The smallest absolute Gasteiger partial charge is 0.179 e. The number of halogens is 1. The molecule has 5 heteroatoms. The molecule has 0 aromatic heterocycles. The van der Waals surface area contributed by atoms with Gasteiger partial charge in [-0.1, -0.05) is 11.6 Å². The number of ether oxygens (including phenoxy) is 3. The largest absolute Gasteiger partial charge is 0.493 e. The molecule has 134 valence electrons. The first kappa shape index (κ1) is 17.8. The lowest BCUT2D eigenvalue weighted by molar-refractivity contribution is -0.0971. The predicted molar refractivity (Wildman–Crippen MR) is 96.4 cm³/mol. The molecule has 0 N–H and O–H groups in total. The van der Waals surface area contributed by atoms with Crippen molar-refractivity contribution in [1.82, 2.24) is 4.90 Å². The second-order valence-electron chi connectivity index (χ2n) is 7.68. The highest BCUT2D eigenvalue weighted by atomic mass is 35.5. The Bertz CT molecular complexity index is 612. The quantitative estimate of drug-likeness (QED) is 0.813. The predicted octanol–water partition coefficient (Wildman–Crippen LogP) is 4.23. The number of rotatable bonds is 3. The standard InChI is InChI=1S/C19H28ClNO3/c1-19(2,3)24-12-6-7-15-14-10-16(22-4)18(23-5)17(20)13(14)8-9-21(15)11-12/h10,12,15H,6-9,11H2,1-5H3. The van der Waals surface area contributed by atoms with Gasteiger partial charge in [0.1, 0.15) is 0 Å². The van der Waals surface area contributed by atoms with E-state index in [0.29, 0.717) is 22.9 Å². The molecule has 2 aliphatic rings. The van der Waals surface area contributed by atoms with Crippen LogP contribution in [0.3, 0.4) is 0 Å². The number of hydrogen-bond acceptors (Lipinski definition) is 4. The van der Waals surface area contributed by atoms with Crippen LogP contribution >= 0.6 is 11.6 Å². The maximum absolute atomic E-state index is 6.61. The molecule has 0 saturated carbocycles. The lowest BCUT2D eigenvalue weighted by Crippen LogP contribution is -2.47. The average Bonchev–Trinajstić information content (AvgIpc) is 2.52. The van der Waals surface area contributed by atoms with E-state index in [4.69, 9.17) is 25.8 Å². The summed E-state index contributed by atoms with van der Waals surface area (Å²) in [6, 6.07) is 2.51. The van der Waals surface area contributed by atoms with Crippen molar-refractivity contribution in [3.63, 3.8) is 0 Å². The third-order valence-corrected chi connectivity index (χ3v) is 5.32. The van der Waals surface area contributed by atoms with Gasteiger partial charge in [0, 0.05) is 19.1 Å². The number of nitrogens with zero attached hydrogens (tertiary/aromatic N) is 1. The van der Waals surface area contributed by atoms with E-state index in [1.165, 1.54) is 11.1 Å². The summed E-state index contributed by atoms with van der Waals surface area (Å²) in [6.45, 7) is 8.37. The van der Waals surface area contributed by atoms with Gasteiger partial charge in [0.15, 0.2) is 11.5 Å². The first-order chi connectivity index (χ1) is 11.3. The monoisotopic (exact) mass is 353 g/mol. The van der Waals surface area contributed by atoms with Gasteiger partial charge in [0.05, 0.1) is 30.9 Å². The number of hydrogen-bond donors (Lipinski definition) is 0. The highest BCUT2D eigenvalue weighted by Gasteiger charge is 2.37. The third kappa shape index (κ3) is 3.37. The van der Waals surface area contributed by atoms with Crippen molar-refractivity contribution in [3.05, 3.63) is 22.2 Å². The lowest BCUT2D eigenvalue weighted by atomic mass is 9.85. The minimum atomic E-state index is -0.0922. The molecule has 24 heavy (non-hydrogen) atoms. The molecule has 1 fully saturated rings. The van der Waals surface area contributed by atoms with E-state index < -0.39 is 0 Å². The highest BCUT2D eigenvalue weighted by molar-refractivity contribution is 6.33. The number of methoxy groups -OCH3 is 2. The first-order valence-corrected chi connectivity index (χ1v) is 9.07. The molecular weight excluding hydrogens is 326 g/mol. The summed E-state index contributed by atoms with van der Waals surface area (Å²) in [5.41, 5.74) is 2.41. The summed E-state index contributed by atoms with van der Waals surface area (Å²) in [7, 11) is 3.30. The van der Waals surface area contributed by atoms with Crippen LogP contribution in [0.15, 0.2) is 6.07 Å². The Labute approximate surface area is 150 Å². The van der Waals surface area contributed by atoms with E-state index in [1.807, 2.05) is 0 Å². The molecule has 0 bridgehead atoms. The van der Waals surface area contributed by atoms with E-state index in [1.54, 1.807) is 14.2 Å². The van der Waals surface area contributed by atoms with Crippen LogP contribution in [-0.2, 0) is 11.2 Å². The van der Waals surface area contributed by atoms with Crippen molar-refractivity contribution in [1.29, 1.82) is 0 Å². The van der Waals surface area contributed by atoms with Crippen LogP contribution in [0.4, 0.5) is 0 Å². The van der Waals surface area contributed by atoms with Crippen molar-refractivity contribution in [3.8, 4) is 11.5 Å². The molecule has 0 radical (unpaired) electrons. The Morgan fingerprint density at radius 2 is 1.92 bits per heavy atom. The molecule has 0 amide bonds. The van der Waals surface area contributed by atoms with Gasteiger partial charge in [-0.2, -0.15) is 0 Å². The van der Waals surface area contributed by atoms with Crippen LogP contribution in [0.1, 0.15) is 50.8 Å². The van der Waals surface area contributed by atoms with Crippen LogP contribution in [0.5, 0.6) is 11.5 Å². The highest BCUT2D eigenvalue weighted by Crippen LogP contribution is 2.47. The zero-order valence-electron chi connectivity index (χ0n) is 15.3. The van der Waals surface area contributed by atoms with Gasteiger partial charge in [-0.05, 0) is 57.2 Å². The molecule has 0 spiro atoms. The van der Waals surface area contributed by atoms with Gasteiger partial charge in [-0.25, -0.2) is 0 Å². The molecule has 1 aromatic rings. The lowest BCUT2D eigenvalue weighted by Gasteiger charge is -2.45. The summed E-state index contributed by atoms with van der Waals surface area (Å²) in [5, 5.41) is 0.708. The van der Waals surface area contributed by atoms with Crippen LogP contribution in [0.2, 0.25) is 5.02 Å². The normalized spacial score (nSPS) is 24.2. The zero-order valence-corrected chi connectivity index (χ0v) is 16.1. The maximum atomic E-state index is 6.61. The van der Waals surface area contributed by atoms with Gasteiger partial charge in [-0.3, -0.25) is 4.90 Å². The van der Waals surface area contributed by atoms with Gasteiger partial charge in [-0.15, -0.1) is 0 Å². The van der Waals surface area contributed by atoms with Gasteiger partial charge >= 0.3 is 0 Å². The summed E-state index contributed by atoms with van der Waals surface area (Å²) in [5.74, 6) is 1.37. The molecule has 4 nitrogen and oxygen atoms in total. The molecule has 0 aliphatic carbocycles. The zero-order chi connectivity index (χ0) is 17.5. The maximum Gasteiger partial charge on any atom is 0.179 e. The Morgan fingerprint density at radius 1 is 1.17 bits per heavy atom. The topological polar surface area (TPSA) is 30.9 Å². The minimum Gasteiger partial charge on any atom is -0.493 e. The van der Waals surface area contributed by atoms with E-state index in [2.05, 4.69) is 31.7 Å². The van der Waals surface area contributed by atoms with Crippen molar-refractivity contribution >= 4 is 11.6 Å². The Kier molecular flexibility index (Phi) is 5.01. The fourth-order valence-corrected chi connectivity index (χ4v) is 4.39. The molecule has 2 unspecified atom stereocenters. The summed E-state index contributed by atoms with van der Waals surface area (Å²) in [4.78, 5) is 2.53.